The van der Waals surface area contributed by atoms with Gasteiger partial charge in [0.1, 0.15) is 0 Å². The van der Waals surface area contributed by atoms with Crippen LogP contribution in [0.15, 0.2) is 11.6 Å². The third kappa shape index (κ3) is 2.17. The molecule has 0 aromatic carbocycles. The fourth-order valence-corrected chi connectivity index (χ4v) is 1.43. The van der Waals surface area contributed by atoms with Gasteiger partial charge in [-0.25, -0.2) is 0 Å². The fourth-order valence-electron chi connectivity index (χ4n) is 1.43. The number of ketones is 1. The van der Waals surface area contributed by atoms with Crippen LogP contribution in [-0.2, 0) is 14.3 Å². The molecule has 0 aromatic heterocycles. The normalized spacial score (nSPS) is 28.2. The first-order valence-corrected chi connectivity index (χ1v) is 4.35. The van der Waals surface area contributed by atoms with Gasteiger partial charge in [-0.3, -0.25) is 9.59 Å². The monoisotopic (exact) mass is 182 g/mol. The number of ether oxygens (including phenoxy) is 1. The van der Waals surface area contributed by atoms with Gasteiger partial charge >= 0.3 is 5.97 Å². The molecule has 1 unspecified atom stereocenters. The van der Waals surface area contributed by atoms with Gasteiger partial charge in [0.05, 0.1) is 0 Å². The van der Waals surface area contributed by atoms with E-state index in [9.17, 15) is 9.59 Å². The Morgan fingerprint density at radius 1 is 1.62 bits per heavy atom. The summed E-state index contributed by atoms with van der Waals surface area (Å²) in [6.07, 6.45) is 2.97. The molecule has 0 saturated heterocycles. The molecule has 0 fully saturated rings. The first-order chi connectivity index (χ1) is 5.94. The quantitative estimate of drug-likeness (QED) is 0.579. The highest BCUT2D eigenvalue weighted by Crippen LogP contribution is 2.27. The zero-order valence-corrected chi connectivity index (χ0v) is 8.22. The molecule has 3 heteroatoms. The maximum atomic E-state index is 11.5. The van der Waals surface area contributed by atoms with E-state index in [-0.39, 0.29) is 5.78 Å². The maximum Gasteiger partial charge on any atom is 0.303 e. The maximum absolute atomic E-state index is 11.5. The van der Waals surface area contributed by atoms with Gasteiger partial charge in [-0.2, -0.15) is 0 Å². The number of hydrogen-bond donors (Lipinski definition) is 0. The van der Waals surface area contributed by atoms with Crippen LogP contribution in [0.2, 0.25) is 0 Å². The van der Waals surface area contributed by atoms with Crippen molar-refractivity contribution >= 4 is 11.8 Å². The summed E-state index contributed by atoms with van der Waals surface area (Å²) in [6.45, 7) is 4.90. The van der Waals surface area contributed by atoms with Crippen molar-refractivity contribution in [2.75, 3.05) is 0 Å². The van der Waals surface area contributed by atoms with Gasteiger partial charge in [-0.15, -0.1) is 0 Å². The lowest BCUT2D eigenvalue weighted by atomic mass is 9.86. The lowest BCUT2D eigenvalue weighted by Crippen LogP contribution is -2.41. The van der Waals surface area contributed by atoms with Gasteiger partial charge in [0.15, 0.2) is 11.4 Å². The van der Waals surface area contributed by atoms with Gasteiger partial charge < -0.3 is 4.74 Å². The van der Waals surface area contributed by atoms with Gasteiger partial charge in [0.25, 0.3) is 0 Å². The van der Waals surface area contributed by atoms with Crippen molar-refractivity contribution in [3.8, 4) is 0 Å². The molecule has 1 rings (SSSR count). The van der Waals surface area contributed by atoms with Crippen LogP contribution in [-0.4, -0.2) is 17.4 Å². The molecule has 0 aromatic rings. The Hall–Kier alpha value is -1.12. The third-order valence-corrected chi connectivity index (χ3v) is 2.26. The van der Waals surface area contributed by atoms with E-state index in [1.807, 2.05) is 6.92 Å². The first kappa shape index (κ1) is 9.96. The van der Waals surface area contributed by atoms with Crippen molar-refractivity contribution in [3.63, 3.8) is 0 Å². The van der Waals surface area contributed by atoms with Crippen LogP contribution >= 0.6 is 0 Å². The van der Waals surface area contributed by atoms with Crippen molar-refractivity contribution in [1.82, 2.24) is 0 Å². The fraction of sp³-hybridized carbons (Fsp3) is 0.600. The third-order valence-electron chi connectivity index (χ3n) is 2.26. The average Bonchev–Trinajstić information content (AvgIpc) is 1.97. The largest absolute Gasteiger partial charge is 0.451 e. The van der Waals surface area contributed by atoms with E-state index in [4.69, 9.17) is 4.74 Å². The Morgan fingerprint density at radius 3 is 2.69 bits per heavy atom. The van der Waals surface area contributed by atoms with Crippen molar-refractivity contribution < 1.29 is 14.3 Å². The summed E-state index contributed by atoms with van der Waals surface area (Å²) in [5.74, 6) is -0.504. The smallest absolute Gasteiger partial charge is 0.303 e. The predicted molar refractivity (Wildman–Crippen MR) is 48.2 cm³/mol. The Morgan fingerprint density at radius 2 is 2.23 bits per heavy atom. The Kier molecular flexibility index (Phi) is 2.55. The minimum Gasteiger partial charge on any atom is -0.451 e. The van der Waals surface area contributed by atoms with Crippen LogP contribution < -0.4 is 0 Å². The van der Waals surface area contributed by atoms with Crippen LogP contribution in [0.4, 0.5) is 0 Å². The van der Waals surface area contributed by atoms with E-state index >= 15 is 0 Å². The SMILES string of the molecule is CC(=O)OC1(C)CCC(C)=CC1=O. The molecule has 0 saturated carbocycles. The van der Waals surface area contributed by atoms with E-state index in [0.717, 1.165) is 12.0 Å². The highest BCUT2D eigenvalue weighted by molar-refractivity contribution is 5.99. The van der Waals surface area contributed by atoms with Crippen molar-refractivity contribution in [1.29, 1.82) is 0 Å². The summed E-state index contributed by atoms with van der Waals surface area (Å²) < 4.78 is 5.01. The van der Waals surface area contributed by atoms with Crippen LogP contribution in [0.5, 0.6) is 0 Å². The molecule has 1 aliphatic rings. The molecule has 0 N–H and O–H groups in total. The summed E-state index contributed by atoms with van der Waals surface area (Å²) >= 11 is 0. The number of rotatable bonds is 1. The summed E-state index contributed by atoms with van der Waals surface area (Å²) in [5.41, 5.74) is 0.125. The highest BCUT2D eigenvalue weighted by Gasteiger charge is 2.37. The summed E-state index contributed by atoms with van der Waals surface area (Å²) in [4.78, 5) is 22.3. The number of carbonyl (C=O) groups excluding carboxylic acids is 2. The molecular formula is C10H14O3. The zero-order valence-electron chi connectivity index (χ0n) is 8.22. The summed E-state index contributed by atoms with van der Waals surface area (Å²) in [7, 11) is 0. The molecule has 0 aliphatic heterocycles. The molecule has 0 radical (unpaired) electrons. The molecule has 13 heavy (non-hydrogen) atoms. The van der Waals surface area contributed by atoms with E-state index in [1.54, 1.807) is 13.0 Å². The van der Waals surface area contributed by atoms with E-state index in [1.165, 1.54) is 6.92 Å². The summed E-state index contributed by atoms with van der Waals surface area (Å²) in [6, 6.07) is 0. The van der Waals surface area contributed by atoms with Crippen LogP contribution in [0.1, 0.15) is 33.6 Å². The number of carbonyl (C=O) groups is 2. The lowest BCUT2D eigenvalue weighted by Gasteiger charge is -2.29. The molecule has 72 valence electrons. The molecule has 1 aliphatic carbocycles. The number of hydrogen-bond acceptors (Lipinski definition) is 3. The Bertz CT molecular complexity index is 278. The molecule has 3 nitrogen and oxygen atoms in total. The Labute approximate surface area is 77.8 Å². The molecule has 0 heterocycles. The molecular weight excluding hydrogens is 168 g/mol. The van der Waals surface area contributed by atoms with Crippen molar-refractivity contribution in [2.24, 2.45) is 0 Å². The zero-order chi connectivity index (χ0) is 10.1. The van der Waals surface area contributed by atoms with Crippen molar-refractivity contribution in [3.05, 3.63) is 11.6 Å². The average molecular weight is 182 g/mol. The molecule has 0 bridgehead atoms. The minimum atomic E-state index is -0.925. The van der Waals surface area contributed by atoms with Gasteiger partial charge in [-0.05, 0) is 32.8 Å². The van der Waals surface area contributed by atoms with E-state index < -0.39 is 11.6 Å². The molecule has 0 spiro atoms. The predicted octanol–water partition coefficient (Wildman–Crippen LogP) is 1.62. The van der Waals surface area contributed by atoms with Gasteiger partial charge in [0, 0.05) is 6.92 Å². The number of esters is 1. The minimum absolute atomic E-state index is 0.105. The highest BCUT2D eigenvalue weighted by atomic mass is 16.6. The number of allylic oxidation sites excluding steroid dienone is 1. The van der Waals surface area contributed by atoms with E-state index in [0.29, 0.717) is 6.42 Å². The Balaban J connectivity index is 2.81. The molecule has 0 amide bonds. The topological polar surface area (TPSA) is 43.4 Å². The molecule has 1 atom stereocenters. The van der Waals surface area contributed by atoms with Crippen LogP contribution in [0, 0.1) is 0 Å². The van der Waals surface area contributed by atoms with Gasteiger partial charge in [-0.1, -0.05) is 5.57 Å². The van der Waals surface area contributed by atoms with Crippen LogP contribution in [0.3, 0.4) is 0 Å². The second kappa shape index (κ2) is 3.32. The standard InChI is InChI=1S/C10H14O3/c1-7-4-5-10(3,9(12)6-7)13-8(2)11/h6H,4-5H2,1-3H3. The second-order valence-corrected chi connectivity index (χ2v) is 3.68. The lowest BCUT2D eigenvalue weighted by molar-refractivity contribution is -0.162. The second-order valence-electron chi connectivity index (χ2n) is 3.68. The summed E-state index contributed by atoms with van der Waals surface area (Å²) in [5, 5.41) is 0. The first-order valence-electron chi connectivity index (χ1n) is 4.35. The van der Waals surface area contributed by atoms with E-state index in [2.05, 4.69) is 0 Å². The van der Waals surface area contributed by atoms with Crippen molar-refractivity contribution in [2.45, 2.75) is 39.2 Å². The van der Waals surface area contributed by atoms with Crippen LogP contribution in [0.25, 0.3) is 0 Å². The van der Waals surface area contributed by atoms with Gasteiger partial charge in [0.2, 0.25) is 0 Å².